The molecule has 1 saturated carbocycles. The average Bonchev–Trinajstić information content (AvgIpc) is 2.86. The zero-order chi connectivity index (χ0) is 13.8. The molecule has 0 saturated heterocycles. The summed E-state index contributed by atoms with van der Waals surface area (Å²) in [5.74, 6) is 0.0172. The number of halogens is 1. The van der Waals surface area contributed by atoms with Gasteiger partial charge in [-0.15, -0.1) is 0 Å². The Labute approximate surface area is 112 Å². The lowest BCUT2D eigenvalue weighted by molar-refractivity contribution is 0.0937. The molecule has 0 aromatic heterocycles. The minimum absolute atomic E-state index is 0.180. The maximum atomic E-state index is 13.4. The summed E-state index contributed by atoms with van der Waals surface area (Å²) < 4.78 is 13.4. The Hall–Kier alpha value is -1.42. The van der Waals surface area contributed by atoms with Crippen molar-refractivity contribution in [2.45, 2.75) is 26.2 Å². The van der Waals surface area contributed by atoms with Crippen molar-refractivity contribution in [3.05, 3.63) is 35.1 Å². The lowest BCUT2D eigenvalue weighted by Crippen LogP contribution is -2.31. The van der Waals surface area contributed by atoms with Crippen LogP contribution in [0.2, 0.25) is 0 Å². The molecule has 0 bridgehead atoms. The fourth-order valence-electron chi connectivity index (χ4n) is 2.68. The average molecular weight is 265 g/mol. The van der Waals surface area contributed by atoms with Gasteiger partial charge in [0.05, 0.1) is 0 Å². The molecule has 2 unspecified atom stereocenters. The van der Waals surface area contributed by atoms with E-state index >= 15 is 0 Å². The van der Waals surface area contributed by atoms with Gasteiger partial charge in [-0.05, 0) is 49.3 Å². The molecule has 1 aliphatic carbocycles. The van der Waals surface area contributed by atoms with E-state index in [4.69, 9.17) is 0 Å². The van der Waals surface area contributed by atoms with Crippen LogP contribution >= 0.6 is 0 Å². The Kier molecular flexibility index (Phi) is 4.53. The second-order valence-electron chi connectivity index (χ2n) is 5.31. The van der Waals surface area contributed by atoms with Crippen molar-refractivity contribution in [1.82, 2.24) is 5.32 Å². The summed E-state index contributed by atoms with van der Waals surface area (Å²) in [7, 11) is 0. The first-order chi connectivity index (χ1) is 9.11. The van der Waals surface area contributed by atoms with E-state index in [-0.39, 0.29) is 24.2 Å². The molecule has 1 aromatic rings. The molecule has 2 rings (SSSR count). The number of aliphatic hydroxyl groups excluding tert-OH is 1. The molecule has 0 aliphatic heterocycles. The molecule has 1 aromatic carbocycles. The highest BCUT2D eigenvalue weighted by Crippen LogP contribution is 2.30. The van der Waals surface area contributed by atoms with Crippen molar-refractivity contribution in [1.29, 1.82) is 0 Å². The Morgan fingerprint density at radius 3 is 2.84 bits per heavy atom. The number of amides is 1. The monoisotopic (exact) mass is 265 g/mol. The van der Waals surface area contributed by atoms with Crippen LogP contribution in [0.3, 0.4) is 0 Å². The van der Waals surface area contributed by atoms with Crippen LogP contribution in [-0.2, 0) is 0 Å². The largest absolute Gasteiger partial charge is 0.396 e. The molecule has 4 heteroatoms. The Balaban J connectivity index is 1.92. The molecule has 2 atom stereocenters. The van der Waals surface area contributed by atoms with Gasteiger partial charge in [0, 0.05) is 18.7 Å². The minimum Gasteiger partial charge on any atom is -0.396 e. The van der Waals surface area contributed by atoms with E-state index in [0.29, 0.717) is 23.6 Å². The molecule has 1 amide bonds. The van der Waals surface area contributed by atoms with Crippen LogP contribution in [0, 0.1) is 24.6 Å². The van der Waals surface area contributed by atoms with Crippen molar-refractivity contribution in [3.8, 4) is 0 Å². The van der Waals surface area contributed by atoms with Crippen LogP contribution in [0.1, 0.15) is 35.2 Å². The molecule has 0 radical (unpaired) electrons. The van der Waals surface area contributed by atoms with E-state index in [1.807, 2.05) is 0 Å². The van der Waals surface area contributed by atoms with Gasteiger partial charge in [-0.2, -0.15) is 0 Å². The SMILES string of the molecule is Cc1ccc(C(=O)NCC2CCCC2CO)cc1F. The molecule has 2 N–H and O–H groups in total. The van der Waals surface area contributed by atoms with Gasteiger partial charge in [0.2, 0.25) is 0 Å². The maximum absolute atomic E-state index is 13.4. The number of nitrogens with one attached hydrogen (secondary N) is 1. The Morgan fingerprint density at radius 2 is 2.16 bits per heavy atom. The van der Waals surface area contributed by atoms with Gasteiger partial charge in [0.1, 0.15) is 5.82 Å². The summed E-state index contributed by atoms with van der Waals surface area (Å²) >= 11 is 0. The van der Waals surface area contributed by atoms with Gasteiger partial charge in [0.15, 0.2) is 0 Å². The van der Waals surface area contributed by atoms with Crippen LogP contribution in [-0.4, -0.2) is 24.2 Å². The first-order valence-electron chi connectivity index (χ1n) is 6.77. The van der Waals surface area contributed by atoms with Gasteiger partial charge in [-0.1, -0.05) is 12.5 Å². The topological polar surface area (TPSA) is 49.3 Å². The highest BCUT2D eigenvalue weighted by Gasteiger charge is 2.26. The second kappa shape index (κ2) is 6.15. The third-order valence-corrected chi connectivity index (χ3v) is 4.01. The normalized spacial score (nSPS) is 22.5. The van der Waals surface area contributed by atoms with Crippen molar-refractivity contribution >= 4 is 5.91 Å². The first-order valence-corrected chi connectivity index (χ1v) is 6.77. The van der Waals surface area contributed by atoms with Gasteiger partial charge in [-0.25, -0.2) is 4.39 Å². The predicted molar refractivity (Wildman–Crippen MR) is 71.4 cm³/mol. The number of hydrogen-bond donors (Lipinski definition) is 2. The molecular weight excluding hydrogens is 245 g/mol. The fraction of sp³-hybridized carbons (Fsp3) is 0.533. The molecule has 0 spiro atoms. The summed E-state index contributed by atoms with van der Waals surface area (Å²) in [6.07, 6.45) is 3.16. The lowest BCUT2D eigenvalue weighted by Gasteiger charge is -2.17. The number of aliphatic hydroxyl groups is 1. The molecule has 3 nitrogen and oxygen atoms in total. The smallest absolute Gasteiger partial charge is 0.251 e. The van der Waals surface area contributed by atoms with Crippen molar-refractivity contribution < 1.29 is 14.3 Å². The van der Waals surface area contributed by atoms with E-state index in [1.54, 1.807) is 19.1 Å². The highest BCUT2D eigenvalue weighted by molar-refractivity contribution is 5.94. The molecule has 104 valence electrons. The number of rotatable bonds is 4. The van der Waals surface area contributed by atoms with E-state index in [1.165, 1.54) is 6.07 Å². The van der Waals surface area contributed by atoms with Crippen molar-refractivity contribution in [2.75, 3.05) is 13.2 Å². The minimum atomic E-state index is -0.359. The van der Waals surface area contributed by atoms with Crippen molar-refractivity contribution in [2.24, 2.45) is 11.8 Å². The predicted octanol–water partition coefficient (Wildman–Crippen LogP) is 2.27. The summed E-state index contributed by atoms with van der Waals surface area (Å²) in [6.45, 7) is 2.40. The third-order valence-electron chi connectivity index (χ3n) is 4.01. The standard InChI is InChI=1S/C15H20FNO2/c1-10-5-6-11(7-14(10)16)15(19)17-8-12-3-2-4-13(12)9-18/h5-7,12-13,18H,2-4,8-9H2,1H3,(H,17,19). The third kappa shape index (κ3) is 3.32. The van der Waals surface area contributed by atoms with Crippen LogP contribution in [0.4, 0.5) is 4.39 Å². The Bertz CT molecular complexity index is 461. The van der Waals surface area contributed by atoms with E-state index in [2.05, 4.69) is 5.32 Å². The maximum Gasteiger partial charge on any atom is 0.251 e. The number of hydrogen-bond acceptors (Lipinski definition) is 2. The molecule has 19 heavy (non-hydrogen) atoms. The summed E-state index contributed by atoms with van der Waals surface area (Å²) in [5, 5.41) is 12.1. The van der Waals surface area contributed by atoms with Gasteiger partial charge in [-0.3, -0.25) is 4.79 Å². The summed E-state index contributed by atoms with van der Waals surface area (Å²) in [6, 6.07) is 4.51. The zero-order valence-corrected chi connectivity index (χ0v) is 11.2. The number of carbonyl (C=O) groups excluding carboxylic acids is 1. The molecule has 0 heterocycles. The van der Waals surface area contributed by atoms with Crippen LogP contribution in [0.15, 0.2) is 18.2 Å². The lowest BCUT2D eigenvalue weighted by atomic mass is 9.97. The van der Waals surface area contributed by atoms with Crippen LogP contribution in [0.5, 0.6) is 0 Å². The quantitative estimate of drug-likeness (QED) is 0.877. The second-order valence-corrected chi connectivity index (χ2v) is 5.31. The summed E-state index contributed by atoms with van der Waals surface area (Å²) in [4.78, 5) is 11.9. The highest BCUT2D eigenvalue weighted by atomic mass is 19.1. The van der Waals surface area contributed by atoms with E-state index < -0.39 is 0 Å². The van der Waals surface area contributed by atoms with Gasteiger partial charge < -0.3 is 10.4 Å². The number of aryl methyl sites for hydroxylation is 1. The van der Waals surface area contributed by atoms with E-state index in [0.717, 1.165) is 19.3 Å². The molecule has 1 fully saturated rings. The molecule has 1 aliphatic rings. The number of carbonyl (C=O) groups is 1. The Morgan fingerprint density at radius 1 is 1.42 bits per heavy atom. The zero-order valence-electron chi connectivity index (χ0n) is 11.2. The van der Waals surface area contributed by atoms with Crippen LogP contribution < -0.4 is 5.32 Å². The first kappa shape index (κ1) is 14.0. The van der Waals surface area contributed by atoms with Crippen molar-refractivity contribution in [3.63, 3.8) is 0 Å². The molecular formula is C15H20FNO2. The summed E-state index contributed by atoms with van der Waals surface area (Å²) in [5.41, 5.74) is 0.884. The van der Waals surface area contributed by atoms with Gasteiger partial charge >= 0.3 is 0 Å². The number of benzene rings is 1. The van der Waals surface area contributed by atoms with E-state index in [9.17, 15) is 14.3 Å². The van der Waals surface area contributed by atoms with Crippen LogP contribution in [0.25, 0.3) is 0 Å². The fourth-order valence-corrected chi connectivity index (χ4v) is 2.68. The van der Waals surface area contributed by atoms with Gasteiger partial charge in [0.25, 0.3) is 5.91 Å².